The van der Waals surface area contributed by atoms with Gasteiger partial charge in [0, 0.05) is 19.3 Å². The third kappa shape index (κ3) is 5.56. The van der Waals surface area contributed by atoms with E-state index in [1.165, 1.54) is 24.7 Å². The zero-order valence-electron chi connectivity index (χ0n) is 19.4. The molecule has 1 aliphatic heterocycles. The number of aromatic nitrogens is 5. The average Bonchev–Trinajstić information content (AvgIpc) is 3.32. The summed E-state index contributed by atoms with van der Waals surface area (Å²) in [4.78, 5) is 32.3. The monoisotopic (exact) mass is 510 g/mol. The van der Waals surface area contributed by atoms with E-state index in [1.807, 2.05) is 4.90 Å². The average molecular weight is 510 g/mol. The molecule has 190 valence electrons. The Bertz CT molecular complexity index is 1430. The zero-order chi connectivity index (χ0) is 25.8. The summed E-state index contributed by atoms with van der Waals surface area (Å²) >= 11 is 0. The van der Waals surface area contributed by atoms with Crippen LogP contribution >= 0.6 is 0 Å². The molecule has 1 fully saturated rings. The number of imidazole rings is 1. The molecule has 0 bridgehead atoms. The summed E-state index contributed by atoms with van der Waals surface area (Å²) in [7, 11) is 0. The number of nitrogens with zero attached hydrogens (tertiary/aromatic N) is 7. The van der Waals surface area contributed by atoms with E-state index >= 15 is 0 Å². The van der Waals surface area contributed by atoms with Crippen LogP contribution in [0.3, 0.4) is 0 Å². The lowest BCUT2D eigenvalue weighted by molar-refractivity contribution is -0.137. The van der Waals surface area contributed by atoms with E-state index in [4.69, 9.17) is 4.74 Å². The Morgan fingerprint density at radius 2 is 1.95 bits per heavy atom. The van der Waals surface area contributed by atoms with Crippen molar-refractivity contribution in [1.82, 2.24) is 24.5 Å². The Kier molecular flexibility index (Phi) is 6.77. The molecule has 1 aromatic carbocycles. The zero-order valence-corrected chi connectivity index (χ0v) is 19.4. The number of ketones is 1. The van der Waals surface area contributed by atoms with Crippen LogP contribution in [0.15, 0.2) is 60.1 Å². The predicted molar refractivity (Wildman–Crippen MR) is 130 cm³/mol. The number of hydrogen-bond donors (Lipinski definition) is 1. The first-order chi connectivity index (χ1) is 17.9. The highest BCUT2D eigenvalue weighted by Crippen LogP contribution is 2.29. The molecule has 1 saturated heterocycles. The van der Waals surface area contributed by atoms with Crippen LogP contribution in [0, 0.1) is 0 Å². The van der Waals surface area contributed by atoms with E-state index in [1.54, 1.807) is 29.0 Å². The first-order valence-electron chi connectivity index (χ1n) is 11.3. The number of carbonyl (C=O) groups excluding carboxylic acids is 1. The fourth-order valence-corrected chi connectivity index (χ4v) is 3.76. The third-order valence-corrected chi connectivity index (χ3v) is 5.61. The molecule has 1 N–H and O–H groups in total. The number of benzene rings is 1. The number of morpholine rings is 1. The number of pyridine rings is 1. The molecule has 1 aliphatic rings. The van der Waals surface area contributed by atoms with Gasteiger partial charge in [0.25, 0.3) is 0 Å². The van der Waals surface area contributed by atoms with Crippen LogP contribution in [0.25, 0.3) is 11.2 Å². The van der Waals surface area contributed by atoms with Crippen molar-refractivity contribution in [3.8, 4) is 0 Å². The molecule has 4 aromatic rings. The van der Waals surface area contributed by atoms with Gasteiger partial charge in [0.15, 0.2) is 17.0 Å². The summed E-state index contributed by atoms with van der Waals surface area (Å²) in [5.41, 5.74) is 3.33. The van der Waals surface area contributed by atoms with Gasteiger partial charge in [0.1, 0.15) is 5.69 Å². The van der Waals surface area contributed by atoms with Gasteiger partial charge in [-0.05, 0) is 29.8 Å². The molecule has 3 aromatic heterocycles. The Balaban J connectivity index is 1.46. The molecule has 0 atom stereocenters. The van der Waals surface area contributed by atoms with Crippen molar-refractivity contribution in [2.45, 2.75) is 12.7 Å². The number of hydrogen-bond acceptors (Lipinski definition) is 9. The van der Waals surface area contributed by atoms with Crippen molar-refractivity contribution in [2.24, 2.45) is 5.10 Å². The largest absolute Gasteiger partial charge is 0.416 e. The molecular weight excluding hydrogens is 489 g/mol. The van der Waals surface area contributed by atoms with Crippen molar-refractivity contribution in [1.29, 1.82) is 0 Å². The predicted octanol–water partition coefficient (Wildman–Crippen LogP) is 3.41. The van der Waals surface area contributed by atoms with Crippen molar-refractivity contribution < 1.29 is 22.7 Å². The summed E-state index contributed by atoms with van der Waals surface area (Å²) in [5.74, 6) is 0.418. The fourth-order valence-electron chi connectivity index (χ4n) is 3.76. The van der Waals surface area contributed by atoms with Gasteiger partial charge in [0.2, 0.25) is 11.7 Å². The number of carbonyl (C=O) groups is 1. The topological polar surface area (TPSA) is 110 Å². The fraction of sp³-hybridized carbons (Fsp3) is 0.250. The molecule has 0 radical (unpaired) electrons. The van der Waals surface area contributed by atoms with Gasteiger partial charge >= 0.3 is 6.18 Å². The van der Waals surface area contributed by atoms with Crippen LogP contribution < -0.4 is 10.3 Å². The third-order valence-electron chi connectivity index (χ3n) is 5.61. The SMILES string of the molecule is O=C(Cn1cnc2c(N/N=C/c3cccc(C(F)(F)F)c3)nc(N3CCOCC3)nc21)c1ccccn1. The quantitative estimate of drug-likeness (QED) is 0.229. The summed E-state index contributed by atoms with van der Waals surface area (Å²) in [6, 6.07) is 9.89. The maximum Gasteiger partial charge on any atom is 0.416 e. The Morgan fingerprint density at radius 1 is 1.11 bits per heavy atom. The van der Waals surface area contributed by atoms with E-state index in [9.17, 15) is 18.0 Å². The standard InChI is InChI=1S/C24H21F3N8O2/c25-24(26,27)17-5-3-4-16(12-17)13-30-33-21-20-22(32-23(31-21)34-8-10-37-11-9-34)35(15-29-20)14-19(36)18-6-1-2-7-28-18/h1-7,12-13,15H,8-11,14H2,(H,31,32,33)/b30-13+. The number of hydrazone groups is 1. The maximum absolute atomic E-state index is 13.0. The smallest absolute Gasteiger partial charge is 0.378 e. The molecule has 0 amide bonds. The number of Topliss-reactive ketones (excluding diaryl/α,β-unsaturated/α-hetero) is 1. The van der Waals surface area contributed by atoms with Crippen LogP contribution in [-0.2, 0) is 17.5 Å². The van der Waals surface area contributed by atoms with Crippen molar-refractivity contribution in [3.63, 3.8) is 0 Å². The molecule has 0 spiro atoms. The number of halogens is 3. The second-order valence-electron chi connectivity index (χ2n) is 8.15. The highest BCUT2D eigenvalue weighted by Gasteiger charge is 2.30. The van der Waals surface area contributed by atoms with Crippen LogP contribution in [0.5, 0.6) is 0 Å². The van der Waals surface area contributed by atoms with Gasteiger partial charge < -0.3 is 14.2 Å². The lowest BCUT2D eigenvalue weighted by Gasteiger charge is -2.27. The van der Waals surface area contributed by atoms with Crippen LogP contribution in [0.1, 0.15) is 21.6 Å². The second kappa shape index (κ2) is 10.3. The van der Waals surface area contributed by atoms with Gasteiger partial charge in [-0.1, -0.05) is 18.2 Å². The van der Waals surface area contributed by atoms with Crippen molar-refractivity contribution >= 4 is 34.9 Å². The van der Waals surface area contributed by atoms with Crippen LogP contribution in [0.4, 0.5) is 24.9 Å². The van der Waals surface area contributed by atoms with Gasteiger partial charge in [0.05, 0.1) is 37.9 Å². The Hall–Kier alpha value is -4.39. The lowest BCUT2D eigenvalue weighted by atomic mass is 10.1. The van der Waals surface area contributed by atoms with Gasteiger partial charge in [-0.25, -0.2) is 4.98 Å². The van der Waals surface area contributed by atoms with E-state index < -0.39 is 11.7 Å². The molecule has 37 heavy (non-hydrogen) atoms. The molecule has 5 rings (SSSR count). The number of rotatable bonds is 7. The number of ether oxygens (including phenoxy) is 1. The minimum absolute atomic E-state index is 0.0416. The highest BCUT2D eigenvalue weighted by molar-refractivity contribution is 5.95. The van der Waals surface area contributed by atoms with Crippen molar-refractivity contribution in [2.75, 3.05) is 36.6 Å². The molecule has 4 heterocycles. The summed E-state index contributed by atoms with van der Waals surface area (Å²) in [5, 5.41) is 4.09. The number of alkyl halides is 3. The minimum atomic E-state index is -4.46. The first kappa shape index (κ1) is 24.3. The molecule has 10 nitrogen and oxygen atoms in total. The van der Waals surface area contributed by atoms with E-state index in [0.29, 0.717) is 49.1 Å². The van der Waals surface area contributed by atoms with Gasteiger partial charge in [-0.3, -0.25) is 15.2 Å². The highest BCUT2D eigenvalue weighted by atomic mass is 19.4. The number of anilines is 2. The van der Waals surface area contributed by atoms with Crippen molar-refractivity contribution in [3.05, 3.63) is 71.8 Å². The number of fused-ring (bicyclic) bond motifs is 1. The maximum atomic E-state index is 13.0. The normalized spacial score (nSPS) is 14.4. The van der Waals surface area contributed by atoms with Gasteiger partial charge in [-0.2, -0.15) is 28.2 Å². The lowest BCUT2D eigenvalue weighted by Crippen LogP contribution is -2.37. The second-order valence-corrected chi connectivity index (χ2v) is 8.15. The van der Waals surface area contributed by atoms with E-state index in [2.05, 4.69) is 30.5 Å². The van der Waals surface area contributed by atoms with Crippen LogP contribution in [0.2, 0.25) is 0 Å². The van der Waals surface area contributed by atoms with E-state index in [0.717, 1.165) is 12.1 Å². The number of nitrogens with one attached hydrogen (secondary N) is 1. The summed E-state index contributed by atoms with van der Waals surface area (Å²) in [6.45, 7) is 2.11. The molecule has 0 aliphatic carbocycles. The Labute approximate surface area is 208 Å². The Morgan fingerprint density at radius 3 is 2.70 bits per heavy atom. The minimum Gasteiger partial charge on any atom is -0.378 e. The van der Waals surface area contributed by atoms with Gasteiger partial charge in [-0.15, -0.1) is 0 Å². The van der Waals surface area contributed by atoms with E-state index in [-0.39, 0.29) is 23.7 Å². The molecule has 13 heteroatoms. The molecular formula is C24H21F3N8O2. The van der Waals surface area contributed by atoms with Crippen LogP contribution in [-0.4, -0.2) is 62.8 Å². The summed E-state index contributed by atoms with van der Waals surface area (Å²) in [6.07, 6.45) is -0.171. The first-order valence-corrected chi connectivity index (χ1v) is 11.3. The summed E-state index contributed by atoms with van der Waals surface area (Å²) < 4.78 is 46.1. The molecule has 0 saturated carbocycles. The molecule has 0 unspecified atom stereocenters.